The van der Waals surface area contributed by atoms with Crippen molar-refractivity contribution in [1.29, 1.82) is 0 Å². The second-order valence-electron chi connectivity index (χ2n) is 13.5. The van der Waals surface area contributed by atoms with Crippen LogP contribution < -0.4 is 20.5 Å². The van der Waals surface area contributed by atoms with Crippen LogP contribution in [0.2, 0.25) is 0 Å². The van der Waals surface area contributed by atoms with E-state index in [9.17, 15) is 22.8 Å². The van der Waals surface area contributed by atoms with Gasteiger partial charge in [-0.25, -0.2) is 18.1 Å². The SMILES string of the molecule is Cc1nc2cccc(N3CCCC(CS(=O)(=O)NC45CC6CC(CC(C6)C4)C5)C3)c2c(=O)n1C1CCC(=O)NC1=O. The van der Waals surface area contributed by atoms with Crippen LogP contribution in [0.25, 0.3) is 10.9 Å². The minimum Gasteiger partial charge on any atom is -0.371 e. The van der Waals surface area contributed by atoms with Crippen LogP contribution >= 0.6 is 0 Å². The molecule has 6 fully saturated rings. The molecule has 2 amide bonds. The highest BCUT2D eigenvalue weighted by atomic mass is 32.2. The van der Waals surface area contributed by atoms with E-state index in [2.05, 4.69) is 19.9 Å². The topological polar surface area (TPSA) is 130 Å². The number of aryl methyl sites for hydroxylation is 1. The third-order valence-corrected chi connectivity index (χ3v) is 12.0. The van der Waals surface area contributed by atoms with Crippen molar-refractivity contribution >= 4 is 38.4 Å². The zero-order valence-electron chi connectivity index (χ0n) is 23.6. The van der Waals surface area contributed by atoms with E-state index in [4.69, 9.17) is 0 Å². The van der Waals surface area contributed by atoms with Crippen LogP contribution in [0.3, 0.4) is 0 Å². The molecule has 2 atom stereocenters. The largest absolute Gasteiger partial charge is 0.371 e. The van der Waals surface area contributed by atoms with Gasteiger partial charge in [-0.2, -0.15) is 0 Å². The smallest absolute Gasteiger partial charge is 0.264 e. The van der Waals surface area contributed by atoms with Crippen LogP contribution in [0.4, 0.5) is 5.69 Å². The van der Waals surface area contributed by atoms with E-state index in [0.717, 1.165) is 37.8 Å². The van der Waals surface area contributed by atoms with E-state index in [1.54, 1.807) is 13.0 Å². The zero-order valence-corrected chi connectivity index (χ0v) is 24.4. The number of piperidine rings is 2. The van der Waals surface area contributed by atoms with E-state index < -0.39 is 22.0 Å². The Bertz CT molecular complexity index is 1550. The molecule has 1 aromatic carbocycles. The van der Waals surface area contributed by atoms with Crippen LogP contribution in [-0.2, 0) is 19.6 Å². The van der Waals surface area contributed by atoms with Gasteiger partial charge in [0.1, 0.15) is 11.9 Å². The number of hydrogen-bond donors (Lipinski definition) is 2. The molecule has 4 aliphatic carbocycles. The normalized spacial score (nSPS) is 33.4. The highest BCUT2D eigenvalue weighted by Crippen LogP contribution is 2.55. The maximum Gasteiger partial charge on any atom is 0.264 e. The van der Waals surface area contributed by atoms with Crippen LogP contribution in [0.15, 0.2) is 23.0 Å². The van der Waals surface area contributed by atoms with E-state index >= 15 is 0 Å². The fourth-order valence-electron chi connectivity index (χ4n) is 9.23. The fourth-order valence-corrected chi connectivity index (χ4v) is 11.1. The standard InChI is InChI=1S/C30H39N5O5S/c1-18-31-23-5-2-6-24(27(23)29(38)35(18)25-7-8-26(36)32-28(25)37)34-9-3-4-19(16-34)17-41(39,40)33-30-13-20-10-21(14-30)12-22(11-20)15-30/h2,5-6,19-22,25,33H,3-4,7-17H2,1H3,(H,32,36,37). The lowest BCUT2D eigenvalue weighted by atomic mass is 9.53. The van der Waals surface area contributed by atoms with Crippen molar-refractivity contribution in [2.75, 3.05) is 23.7 Å². The molecule has 2 N–H and O–H groups in total. The first-order valence-corrected chi connectivity index (χ1v) is 16.9. The summed E-state index contributed by atoms with van der Waals surface area (Å²) in [5.41, 5.74) is 0.710. The highest BCUT2D eigenvalue weighted by Gasteiger charge is 2.52. The van der Waals surface area contributed by atoms with Gasteiger partial charge in [-0.1, -0.05) is 6.07 Å². The number of rotatable bonds is 6. The summed E-state index contributed by atoms with van der Waals surface area (Å²) in [5, 5.41) is 2.77. The van der Waals surface area contributed by atoms with Crippen LogP contribution in [-0.4, -0.2) is 54.2 Å². The molecule has 10 nitrogen and oxygen atoms in total. The summed E-state index contributed by atoms with van der Waals surface area (Å²) in [6, 6.07) is 4.76. The van der Waals surface area contributed by atoms with Gasteiger partial charge in [0.15, 0.2) is 0 Å². The van der Waals surface area contributed by atoms with Crippen molar-refractivity contribution in [3.05, 3.63) is 34.4 Å². The van der Waals surface area contributed by atoms with Gasteiger partial charge in [0.25, 0.3) is 5.56 Å². The average molecular weight is 582 g/mol. The lowest BCUT2D eigenvalue weighted by Gasteiger charge is -2.56. The van der Waals surface area contributed by atoms with Gasteiger partial charge in [0, 0.05) is 25.0 Å². The van der Waals surface area contributed by atoms with Gasteiger partial charge in [0.2, 0.25) is 21.8 Å². The Morgan fingerprint density at radius 2 is 1.76 bits per heavy atom. The number of anilines is 1. The third kappa shape index (κ3) is 4.98. The number of carbonyl (C=O) groups excluding carboxylic acids is 2. The maximum atomic E-state index is 13.9. The molecule has 2 unspecified atom stereocenters. The Hall–Kier alpha value is -2.79. The number of fused-ring (bicyclic) bond motifs is 1. The van der Waals surface area contributed by atoms with Crippen molar-refractivity contribution in [3.8, 4) is 0 Å². The predicted molar refractivity (Wildman–Crippen MR) is 155 cm³/mol. The number of sulfonamides is 1. The zero-order chi connectivity index (χ0) is 28.5. The minimum atomic E-state index is -3.46. The summed E-state index contributed by atoms with van der Waals surface area (Å²) in [4.78, 5) is 45.1. The fraction of sp³-hybridized carbons (Fsp3) is 0.667. The second-order valence-corrected chi connectivity index (χ2v) is 15.3. The molecular formula is C30H39N5O5S. The Labute approximate surface area is 240 Å². The molecule has 2 aromatic rings. The number of hydrogen-bond acceptors (Lipinski definition) is 7. The molecule has 2 aliphatic heterocycles. The van der Waals surface area contributed by atoms with E-state index in [0.29, 0.717) is 47.6 Å². The molecule has 220 valence electrons. The molecule has 4 saturated carbocycles. The Morgan fingerprint density at radius 3 is 2.44 bits per heavy atom. The van der Waals surface area contributed by atoms with Gasteiger partial charge in [0.05, 0.1) is 22.3 Å². The first-order valence-electron chi connectivity index (χ1n) is 15.2. The molecule has 0 spiro atoms. The quantitative estimate of drug-likeness (QED) is 0.502. The molecular weight excluding hydrogens is 542 g/mol. The number of benzene rings is 1. The van der Waals surface area contributed by atoms with Gasteiger partial charge in [-0.15, -0.1) is 0 Å². The molecule has 2 saturated heterocycles. The van der Waals surface area contributed by atoms with Crippen LogP contribution in [0.1, 0.15) is 76.1 Å². The average Bonchev–Trinajstić information content (AvgIpc) is 2.88. The third-order valence-electron chi connectivity index (χ3n) is 10.3. The van der Waals surface area contributed by atoms with Gasteiger partial charge in [-0.05, 0) is 101 Å². The van der Waals surface area contributed by atoms with Crippen molar-refractivity contribution in [1.82, 2.24) is 19.6 Å². The summed E-state index contributed by atoms with van der Waals surface area (Å²) < 4.78 is 31.7. The molecule has 4 bridgehead atoms. The van der Waals surface area contributed by atoms with Crippen molar-refractivity contribution in [2.24, 2.45) is 23.7 Å². The number of nitrogens with zero attached hydrogens (tertiary/aromatic N) is 3. The molecule has 11 heteroatoms. The Kier molecular flexibility index (Phi) is 6.53. The summed E-state index contributed by atoms with van der Waals surface area (Å²) in [7, 11) is -3.46. The predicted octanol–water partition coefficient (Wildman–Crippen LogP) is 2.79. The Morgan fingerprint density at radius 1 is 1.05 bits per heavy atom. The molecule has 1 aromatic heterocycles. The van der Waals surface area contributed by atoms with E-state index in [1.807, 2.05) is 12.1 Å². The summed E-state index contributed by atoms with van der Waals surface area (Å²) in [5.74, 6) is 1.64. The summed E-state index contributed by atoms with van der Waals surface area (Å²) >= 11 is 0. The van der Waals surface area contributed by atoms with Gasteiger partial charge < -0.3 is 4.90 Å². The monoisotopic (exact) mass is 581 g/mol. The van der Waals surface area contributed by atoms with E-state index in [-0.39, 0.29) is 41.5 Å². The van der Waals surface area contributed by atoms with Gasteiger partial charge in [-0.3, -0.25) is 24.3 Å². The summed E-state index contributed by atoms with van der Waals surface area (Å²) in [6.45, 7) is 2.95. The van der Waals surface area contributed by atoms with E-state index in [1.165, 1.54) is 23.8 Å². The van der Waals surface area contributed by atoms with Crippen molar-refractivity contribution in [3.63, 3.8) is 0 Å². The Balaban J connectivity index is 1.13. The molecule has 6 aliphatic rings. The molecule has 3 heterocycles. The lowest BCUT2D eigenvalue weighted by molar-refractivity contribution is -0.135. The summed E-state index contributed by atoms with van der Waals surface area (Å²) in [6.07, 6.45) is 8.82. The molecule has 0 radical (unpaired) electrons. The van der Waals surface area contributed by atoms with Crippen molar-refractivity contribution < 1.29 is 18.0 Å². The lowest BCUT2D eigenvalue weighted by Crippen LogP contribution is -2.60. The number of imide groups is 1. The first kappa shape index (κ1) is 27.1. The highest BCUT2D eigenvalue weighted by molar-refractivity contribution is 7.89. The van der Waals surface area contributed by atoms with Crippen LogP contribution in [0, 0.1) is 30.6 Å². The van der Waals surface area contributed by atoms with Crippen LogP contribution in [0.5, 0.6) is 0 Å². The maximum absolute atomic E-state index is 13.9. The number of aromatic nitrogens is 2. The van der Waals surface area contributed by atoms with Crippen molar-refractivity contribution in [2.45, 2.75) is 82.7 Å². The van der Waals surface area contributed by atoms with Gasteiger partial charge >= 0.3 is 0 Å². The second kappa shape index (κ2) is 9.90. The molecule has 8 rings (SSSR count). The number of amides is 2. The number of nitrogens with one attached hydrogen (secondary N) is 2. The number of carbonyl (C=O) groups is 2. The minimum absolute atomic E-state index is 0.0545. The first-order chi connectivity index (χ1) is 19.6. The molecule has 41 heavy (non-hydrogen) atoms.